The molecule has 0 aliphatic heterocycles. The number of hydrogen-bond donors (Lipinski definition) is 3. The van der Waals surface area contributed by atoms with Crippen LogP contribution in [0.3, 0.4) is 0 Å². The van der Waals surface area contributed by atoms with Crippen LogP contribution in [-0.4, -0.2) is 29.6 Å². The van der Waals surface area contributed by atoms with Crippen LogP contribution < -0.4 is 10.7 Å². The zero-order chi connectivity index (χ0) is 19.3. The molecule has 0 fully saturated rings. The Bertz CT molecular complexity index is 751. The van der Waals surface area contributed by atoms with Gasteiger partial charge in [0.25, 0.3) is 5.91 Å². The van der Waals surface area contributed by atoms with Gasteiger partial charge in [0.15, 0.2) is 0 Å². The monoisotopic (exact) mass is 370 g/mol. The molecule has 0 saturated carbocycles. The summed E-state index contributed by atoms with van der Waals surface area (Å²) in [6.07, 6.45) is 12.1. The third kappa shape index (κ3) is 7.64. The Morgan fingerprint density at radius 1 is 1.04 bits per heavy atom. The van der Waals surface area contributed by atoms with Crippen LogP contribution in [-0.2, 0) is 9.59 Å². The molecule has 0 radical (unpaired) electrons. The Balaban J connectivity index is 1.58. The fourth-order valence-electron chi connectivity index (χ4n) is 2.92. The molecule has 6 nitrogen and oxygen atoms in total. The summed E-state index contributed by atoms with van der Waals surface area (Å²) in [5, 5.41) is 7.63. The second kappa shape index (κ2) is 11.9. The molecule has 1 aromatic heterocycles. The number of hydrogen-bond acceptors (Lipinski definition) is 3. The van der Waals surface area contributed by atoms with Gasteiger partial charge in [-0.3, -0.25) is 9.59 Å². The number of carbonyl (C=O) groups is 2. The largest absolute Gasteiger partial charge is 0.361 e. The lowest BCUT2D eigenvalue weighted by molar-refractivity contribution is -0.126. The molecule has 0 aliphatic rings. The van der Waals surface area contributed by atoms with Crippen molar-refractivity contribution in [2.24, 2.45) is 5.10 Å². The van der Waals surface area contributed by atoms with Crippen molar-refractivity contribution in [1.82, 2.24) is 15.7 Å². The Morgan fingerprint density at radius 3 is 2.59 bits per heavy atom. The smallest absolute Gasteiger partial charge is 0.259 e. The highest BCUT2D eigenvalue weighted by Gasteiger charge is 2.05. The summed E-state index contributed by atoms with van der Waals surface area (Å²) in [6.45, 7) is 2.15. The summed E-state index contributed by atoms with van der Waals surface area (Å²) in [6, 6.07) is 7.87. The van der Waals surface area contributed by atoms with Gasteiger partial charge in [-0.1, -0.05) is 63.6 Å². The van der Waals surface area contributed by atoms with Crippen LogP contribution in [0.25, 0.3) is 10.9 Å². The van der Waals surface area contributed by atoms with Crippen LogP contribution in [0.4, 0.5) is 0 Å². The van der Waals surface area contributed by atoms with Crippen LogP contribution in [0.5, 0.6) is 0 Å². The number of amides is 2. The first kappa shape index (κ1) is 20.7. The molecule has 27 heavy (non-hydrogen) atoms. The molecule has 2 aromatic rings. The maximum atomic E-state index is 11.8. The number of H-pyrrole nitrogens is 1. The van der Waals surface area contributed by atoms with Crippen molar-refractivity contribution >= 4 is 28.9 Å². The predicted octanol–water partition coefficient (Wildman–Crippen LogP) is 3.87. The molecule has 1 aromatic carbocycles. The summed E-state index contributed by atoms with van der Waals surface area (Å²) in [5.41, 5.74) is 4.35. The molecule has 146 valence electrons. The van der Waals surface area contributed by atoms with Gasteiger partial charge in [-0.15, -0.1) is 0 Å². The second-order valence-electron chi connectivity index (χ2n) is 6.73. The molecule has 0 saturated heterocycles. The fraction of sp³-hybridized carbons (Fsp3) is 0.476. The standard InChI is InChI=1S/C21H30N4O2/c1-2-3-4-5-6-7-8-13-20(26)23-16-21(27)25-24-15-17-14-22-19-12-10-9-11-18(17)19/h9-12,14-15,22H,2-8,13,16H2,1H3,(H,23,26)(H,25,27)/b24-15+. The number of hydrazone groups is 1. The molecule has 0 atom stereocenters. The number of fused-ring (bicyclic) bond motifs is 1. The number of unbranched alkanes of at least 4 members (excludes halogenated alkanes) is 6. The summed E-state index contributed by atoms with van der Waals surface area (Å²) >= 11 is 0. The van der Waals surface area contributed by atoms with Gasteiger partial charge in [-0.05, 0) is 12.5 Å². The minimum atomic E-state index is -0.334. The number of aromatic amines is 1. The van der Waals surface area contributed by atoms with Gasteiger partial charge in [-0.2, -0.15) is 5.10 Å². The lowest BCUT2D eigenvalue weighted by Gasteiger charge is -2.04. The normalized spacial score (nSPS) is 11.1. The molecule has 1 heterocycles. The molecular formula is C21H30N4O2. The van der Waals surface area contributed by atoms with E-state index < -0.39 is 0 Å². The number of carbonyl (C=O) groups excluding carboxylic acids is 2. The topological polar surface area (TPSA) is 86.3 Å². The highest BCUT2D eigenvalue weighted by atomic mass is 16.2. The van der Waals surface area contributed by atoms with Gasteiger partial charge in [-0.25, -0.2) is 5.43 Å². The van der Waals surface area contributed by atoms with Gasteiger partial charge in [0.1, 0.15) is 0 Å². The number of aromatic nitrogens is 1. The Labute approximate surface area is 160 Å². The van der Waals surface area contributed by atoms with Gasteiger partial charge in [0, 0.05) is 29.1 Å². The van der Waals surface area contributed by atoms with Gasteiger partial charge in [0.2, 0.25) is 5.91 Å². The van der Waals surface area contributed by atoms with Crippen LogP contribution >= 0.6 is 0 Å². The second-order valence-corrected chi connectivity index (χ2v) is 6.73. The minimum absolute atomic E-state index is 0.0550. The number of nitrogens with zero attached hydrogens (tertiary/aromatic N) is 1. The first-order chi connectivity index (χ1) is 13.2. The number of benzene rings is 1. The quantitative estimate of drug-likeness (QED) is 0.301. The zero-order valence-electron chi connectivity index (χ0n) is 16.1. The SMILES string of the molecule is CCCCCCCCCC(=O)NCC(=O)N/N=C/c1c[nH]c2ccccc12. The molecule has 0 spiro atoms. The van der Waals surface area contributed by atoms with E-state index in [0.29, 0.717) is 6.42 Å². The molecule has 2 amide bonds. The molecule has 0 unspecified atom stereocenters. The molecule has 0 aliphatic carbocycles. The summed E-state index contributed by atoms with van der Waals surface area (Å²) in [5.74, 6) is -0.418. The van der Waals surface area contributed by atoms with E-state index in [2.05, 4.69) is 27.8 Å². The van der Waals surface area contributed by atoms with Gasteiger partial charge >= 0.3 is 0 Å². The fourth-order valence-corrected chi connectivity index (χ4v) is 2.92. The summed E-state index contributed by atoms with van der Waals surface area (Å²) < 4.78 is 0. The number of para-hydroxylation sites is 1. The molecule has 6 heteroatoms. The van der Waals surface area contributed by atoms with Crippen molar-refractivity contribution < 1.29 is 9.59 Å². The third-order valence-electron chi connectivity index (χ3n) is 4.47. The van der Waals surface area contributed by atoms with Crippen LogP contribution in [0.15, 0.2) is 35.6 Å². The zero-order valence-corrected chi connectivity index (χ0v) is 16.1. The maximum absolute atomic E-state index is 11.8. The van der Waals surface area contributed by atoms with Gasteiger partial charge in [0.05, 0.1) is 12.8 Å². The summed E-state index contributed by atoms with van der Waals surface area (Å²) in [7, 11) is 0. The molecule has 2 rings (SSSR count). The highest BCUT2D eigenvalue weighted by molar-refractivity contribution is 5.99. The van der Waals surface area contributed by atoms with Crippen molar-refractivity contribution in [2.45, 2.75) is 58.3 Å². The van der Waals surface area contributed by atoms with Crippen LogP contribution in [0.1, 0.15) is 63.9 Å². The number of rotatable bonds is 12. The lowest BCUT2D eigenvalue weighted by Crippen LogP contribution is -2.34. The van der Waals surface area contributed by atoms with Crippen molar-refractivity contribution in [3.63, 3.8) is 0 Å². The predicted molar refractivity (Wildman–Crippen MR) is 110 cm³/mol. The Kier molecular flexibility index (Phi) is 9.10. The minimum Gasteiger partial charge on any atom is -0.361 e. The first-order valence-electron chi connectivity index (χ1n) is 9.85. The van der Waals surface area contributed by atoms with Crippen LogP contribution in [0, 0.1) is 0 Å². The van der Waals surface area contributed by atoms with E-state index in [1.165, 1.54) is 32.1 Å². The average molecular weight is 370 g/mol. The van der Waals surface area contributed by atoms with E-state index >= 15 is 0 Å². The van der Waals surface area contributed by atoms with E-state index in [-0.39, 0.29) is 18.4 Å². The summed E-state index contributed by atoms with van der Waals surface area (Å²) in [4.78, 5) is 26.7. The van der Waals surface area contributed by atoms with Crippen molar-refractivity contribution in [1.29, 1.82) is 0 Å². The number of nitrogens with one attached hydrogen (secondary N) is 3. The maximum Gasteiger partial charge on any atom is 0.259 e. The highest BCUT2D eigenvalue weighted by Crippen LogP contribution is 2.15. The average Bonchev–Trinajstić information content (AvgIpc) is 3.09. The van der Waals surface area contributed by atoms with Crippen LogP contribution in [0.2, 0.25) is 0 Å². The first-order valence-corrected chi connectivity index (χ1v) is 9.85. The van der Waals surface area contributed by atoms with Crippen molar-refractivity contribution in [2.75, 3.05) is 6.54 Å². The molecular weight excluding hydrogens is 340 g/mol. The van der Waals surface area contributed by atoms with E-state index in [0.717, 1.165) is 29.3 Å². The van der Waals surface area contributed by atoms with Crippen molar-refractivity contribution in [3.05, 3.63) is 36.0 Å². The third-order valence-corrected chi connectivity index (χ3v) is 4.47. The molecule has 3 N–H and O–H groups in total. The van der Waals surface area contributed by atoms with Crippen molar-refractivity contribution in [3.8, 4) is 0 Å². The van der Waals surface area contributed by atoms with Gasteiger partial charge < -0.3 is 10.3 Å². The molecule has 0 bridgehead atoms. The lowest BCUT2D eigenvalue weighted by atomic mass is 10.1. The Morgan fingerprint density at radius 2 is 1.78 bits per heavy atom. The van der Waals surface area contributed by atoms with E-state index in [1.54, 1.807) is 6.21 Å². The van der Waals surface area contributed by atoms with E-state index in [4.69, 9.17) is 0 Å². The Hall–Kier alpha value is -2.63. The van der Waals surface area contributed by atoms with E-state index in [1.807, 2.05) is 30.5 Å². The van der Waals surface area contributed by atoms with E-state index in [9.17, 15) is 9.59 Å².